The molecule has 1 nitrogen and oxygen atoms in total. The lowest BCUT2D eigenvalue weighted by atomic mass is 10.2. The van der Waals surface area contributed by atoms with Crippen molar-refractivity contribution >= 4 is 11.6 Å². The predicted octanol–water partition coefficient (Wildman–Crippen LogP) is 3.46. The summed E-state index contributed by atoms with van der Waals surface area (Å²) in [6.45, 7) is 2.87. The summed E-state index contributed by atoms with van der Waals surface area (Å²) in [4.78, 5) is 0. The number of hydrogen-bond acceptors (Lipinski definition) is 1. The van der Waals surface area contributed by atoms with Crippen LogP contribution in [0.15, 0.2) is 18.2 Å². The molecule has 0 spiro atoms. The van der Waals surface area contributed by atoms with E-state index in [2.05, 4.69) is 5.32 Å². The maximum atomic E-state index is 13.2. The SMILES string of the molecule is CCC(Cl)CCNCc1c(F)cccc1F. The fourth-order valence-electron chi connectivity index (χ4n) is 1.38. The zero-order chi connectivity index (χ0) is 12.0. The van der Waals surface area contributed by atoms with Crippen molar-refractivity contribution in [2.45, 2.75) is 31.7 Å². The molecular formula is C12H16ClF2N. The summed E-state index contributed by atoms with van der Waals surface area (Å²) < 4.78 is 26.4. The molecule has 0 heterocycles. The molecular weight excluding hydrogens is 232 g/mol. The molecule has 1 aromatic carbocycles. The van der Waals surface area contributed by atoms with Crippen LogP contribution in [0.5, 0.6) is 0 Å². The second-order valence-electron chi connectivity index (χ2n) is 3.67. The Kier molecular flexibility index (Phi) is 5.71. The Bertz CT molecular complexity index is 311. The molecule has 1 aromatic rings. The average molecular weight is 248 g/mol. The van der Waals surface area contributed by atoms with Gasteiger partial charge in [-0.2, -0.15) is 0 Å². The van der Waals surface area contributed by atoms with Gasteiger partial charge in [0.05, 0.1) is 0 Å². The van der Waals surface area contributed by atoms with Crippen LogP contribution in [-0.4, -0.2) is 11.9 Å². The third-order valence-electron chi connectivity index (χ3n) is 2.44. The van der Waals surface area contributed by atoms with E-state index < -0.39 is 11.6 Å². The maximum absolute atomic E-state index is 13.2. The van der Waals surface area contributed by atoms with E-state index in [1.165, 1.54) is 18.2 Å². The van der Waals surface area contributed by atoms with Crippen LogP contribution >= 0.6 is 11.6 Å². The van der Waals surface area contributed by atoms with Crippen LogP contribution in [0.1, 0.15) is 25.3 Å². The van der Waals surface area contributed by atoms with Gasteiger partial charge in [-0.3, -0.25) is 0 Å². The topological polar surface area (TPSA) is 12.0 Å². The van der Waals surface area contributed by atoms with Crippen molar-refractivity contribution in [3.8, 4) is 0 Å². The molecule has 1 atom stereocenters. The van der Waals surface area contributed by atoms with Crippen LogP contribution in [-0.2, 0) is 6.54 Å². The van der Waals surface area contributed by atoms with E-state index in [1.807, 2.05) is 6.92 Å². The lowest BCUT2D eigenvalue weighted by molar-refractivity contribution is 0.530. The first-order chi connectivity index (χ1) is 7.65. The van der Waals surface area contributed by atoms with Crippen LogP contribution < -0.4 is 5.32 Å². The highest BCUT2D eigenvalue weighted by Gasteiger charge is 2.07. The van der Waals surface area contributed by atoms with Crippen LogP contribution in [0.4, 0.5) is 8.78 Å². The van der Waals surface area contributed by atoms with E-state index in [-0.39, 0.29) is 17.5 Å². The molecule has 0 saturated heterocycles. The molecule has 1 N–H and O–H groups in total. The first kappa shape index (κ1) is 13.4. The Morgan fingerprint density at radius 2 is 1.94 bits per heavy atom. The number of alkyl halides is 1. The summed E-state index contributed by atoms with van der Waals surface area (Å²) in [5.74, 6) is -1.02. The Hall–Kier alpha value is -0.670. The summed E-state index contributed by atoms with van der Waals surface area (Å²) in [6.07, 6.45) is 1.70. The Morgan fingerprint density at radius 3 is 2.50 bits per heavy atom. The zero-order valence-corrected chi connectivity index (χ0v) is 10.0. The molecule has 0 aliphatic carbocycles. The molecule has 0 amide bonds. The quantitative estimate of drug-likeness (QED) is 0.600. The molecule has 1 rings (SSSR count). The highest BCUT2D eigenvalue weighted by molar-refractivity contribution is 6.20. The van der Waals surface area contributed by atoms with Crippen molar-refractivity contribution in [3.63, 3.8) is 0 Å². The summed E-state index contributed by atoms with van der Waals surface area (Å²) >= 11 is 5.92. The third-order valence-corrected chi connectivity index (χ3v) is 2.97. The van der Waals surface area contributed by atoms with Gasteiger partial charge in [0.2, 0.25) is 0 Å². The number of benzene rings is 1. The van der Waals surface area contributed by atoms with Crippen LogP contribution in [0, 0.1) is 11.6 Å². The number of nitrogens with one attached hydrogen (secondary N) is 1. The van der Waals surface area contributed by atoms with Crippen LogP contribution in [0.2, 0.25) is 0 Å². The van der Waals surface area contributed by atoms with Crippen molar-refractivity contribution in [1.82, 2.24) is 5.32 Å². The lowest BCUT2D eigenvalue weighted by Gasteiger charge is -2.09. The normalized spacial score (nSPS) is 12.8. The molecule has 0 aliphatic heterocycles. The van der Waals surface area contributed by atoms with E-state index in [4.69, 9.17) is 11.6 Å². The Morgan fingerprint density at radius 1 is 1.31 bits per heavy atom. The fraction of sp³-hybridized carbons (Fsp3) is 0.500. The third kappa shape index (κ3) is 4.06. The van der Waals surface area contributed by atoms with Crippen molar-refractivity contribution < 1.29 is 8.78 Å². The second kappa shape index (κ2) is 6.81. The Labute approximate surface area is 99.8 Å². The Balaban J connectivity index is 2.37. The second-order valence-corrected chi connectivity index (χ2v) is 4.29. The molecule has 0 bridgehead atoms. The fourth-order valence-corrected chi connectivity index (χ4v) is 1.49. The zero-order valence-electron chi connectivity index (χ0n) is 9.27. The van der Waals surface area contributed by atoms with Gasteiger partial charge < -0.3 is 5.32 Å². The summed E-state index contributed by atoms with van der Waals surface area (Å²) in [5, 5.41) is 3.11. The van der Waals surface area contributed by atoms with Gasteiger partial charge in [0.15, 0.2) is 0 Å². The lowest BCUT2D eigenvalue weighted by Crippen LogP contribution is -2.19. The molecule has 1 unspecified atom stereocenters. The first-order valence-electron chi connectivity index (χ1n) is 5.42. The largest absolute Gasteiger partial charge is 0.312 e. The van der Waals surface area contributed by atoms with Gasteiger partial charge in [0, 0.05) is 17.5 Å². The van der Waals surface area contributed by atoms with Crippen LogP contribution in [0.3, 0.4) is 0 Å². The maximum Gasteiger partial charge on any atom is 0.130 e. The number of halogens is 3. The molecule has 0 aliphatic rings. The van der Waals surface area contributed by atoms with Gasteiger partial charge in [-0.05, 0) is 31.5 Å². The predicted molar refractivity (Wildman–Crippen MR) is 62.6 cm³/mol. The van der Waals surface area contributed by atoms with Gasteiger partial charge in [-0.15, -0.1) is 11.6 Å². The number of rotatable bonds is 6. The summed E-state index contributed by atoms with van der Waals surface area (Å²) in [6, 6.07) is 3.88. The molecule has 0 saturated carbocycles. The summed E-state index contributed by atoms with van der Waals surface area (Å²) in [7, 11) is 0. The van der Waals surface area contributed by atoms with E-state index in [0.717, 1.165) is 12.8 Å². The summed E-state index contributed by atoms with van der Waals surface area (Å²) in [5.41, 5.74) is 0.0881. The molecule has 16 heavy (non-hydrogen) atoms. The van der Waals surface area contributed by atoms with E-state index in [1.54, 1.807) is 0 Å². The van der Waals surface area contributed by atoms with Gasteiger partial charge in [0.25, 0.3) is 0 Å². The highest BCUT2D eigenvalue weighted by Crippen LogP contribution is 2.11. The molecule has 4 heteroatoms. The van der Waals surface area contributed by atoms with Gasteiger partial charge in [-0.25, -0.2) is 8.78 Å². The monoisotopic (exact) mass is 247 g/mol. The van der Waals surface area contributed by atoms with Gasteiger partial charge in [-0.1, -0.05) is 13.0 Å². The highest BCUT2D eigenvalue weighted by atomic mass is 35.5. The van der Waals surface area contributed by atoms with Crippen molar-refractivity contribution in [2.75, 3.05) is 6.54 Å². The number of hydrogen-bond donors (Lipinski definition) is 1. The van der Waals surface area contributed by atoms with Crippen molar-refractivity contribution in [1.29, 1.82) is 0 Å². The van der Waals surface area contributed by atoms with E-state index in [9.17, 15) is 8.78 Å². The standard InChI is InChI=1S/C12H16ClF2N/c1-2-9(13)6-7-16-8-10-11(14)4-3-5-12(10)15/h3-5,9,16H,2,6-8H2,1H3. The average Bonchev–Trinajstić information content (AvgIpc) is 2.27. The molecule has 0 radical (unpaired) electrons. The molecule has 0 fully saturated rings. The smallest absolute Gasteiger partial charge is 0.130 e. The molecule has 0 aromatic heterocycles. The van der Waals surface area contributed by atoms with E-state index in [0.29, 0.717) is 6.54 Å². The first-order valence-corrected chi connectivity index (χ1v) is 5.86. The van der Waals surface area contributed by atoms with Crippen molar-refractivity contribution in [2.24, 2.45) is 0 Å². The van der Waals surface area contributed by atoms with Crippen molar-refractivity contribution in [3.05, 3.63) is 35.4 Å². The molecule has 90 valence electrons. The minimum Gasteiger partial charge on any atom is -0.312 e. The van der Waals surface area contributed by atoms with Gasteiger partial charge in [0.1, 0.15) is 11.6 Å². The van der Waals surface area contributed by atoms with E-state index >= 15 is 0 Å². The van der Waals surface area contributed by atoms with Gasteiger partial charge >= 0.3 is 0 Å². The minimum absolute atomic E-state index is 0.0881. The minimum atomic E-state index is -0.509. The van der Waals surface area contributed by atoms with Crippen LogP contribution in [0.25, 0.3) is 0 Å².